The number of pyridine rings is 2. The molecular formula is C22H23N5O4. The van der Waals surface area contributed by atoms with Crippen LogP contribution in [0, 0.1) is 0 Å². The maximum atomic E-state index is 13.1. The van der Waals surface area contributed by atoms with E-state index in [1.165, 1.54) is 11.1 Å². The largest absolute Gasteiger partial charge is 0.423 e. The zero-order chi connectivity index (χ0) is 21.5. The summed E-state index contributed by atoms with van der Waals surface area (Å²) in [5.74, 6) is -0.448. The molecule has 0 bridgehead atoms. The number of fused-ring (bicyclic) bond motifs is 3. The molecule has 2 aromatic heterocycles. The Labute approximate surface area is 178 Å². The Morgan fingerprint density at radius 2 is 2.00 bits per heavy atom. The fourth-order valence-corrected chi connectivity index (χ4v) is 4.27. The third-order valence-electron chi connectivity index (χ3n) is 5.89. The van der Waals surface area contributed by atoms with E-state index in [1.54, 1.807) is 19.2 Å². The van der Waals surface area contributed by atoms with Crippen LogP contribution in [0.25, 0.3) is 11.0 Å². The number of ether oxygens (including phenoxy) is 1. The number of hydrogen-bond donors (Lipinski definition) is 2. The molecule has 1 amide bonds. The van der Waals surface area contributed by atoms with Gasteiger partial charge in [0.1, 0.15) is 11.7 Å². The predicted molar refractivity (Wildman–Crippen MR) is 114 cm³/mol. The molecule has 4 heterocycles. The lowest BCUT2D eigenvalue weighted by atomic mass is 10.0. The van der Waals surface area contributed by atoms with Gasteiger partial charge in [0, 0.05) is 38.3 Å². The number of anilines is 1. The van der Waals surface area contributed by atoms with Gasteiger partial charge in [-0.1, -0.05) is 24.3 Å². The minimum Gasteiger partial charge on any atom is -0.423 e. The van der Waals surface area contributed by atoms with E-state index in [1.807, 2.05) is 12.1 Å². The molecule has 3 aromatic rings. The van der Waals surface area contributed by atoms with Crippen LogP contribution in [-0.4, -0.2) is 64.0 Å². The molecule has 1 unspecified atom stereocenters. The number of benzene rings is 1. The molecular weight excluding hydrogens is 398 g/mol. The van der Waals surface area contributed by atoms with E-state index in [-0.39, 0.29) is 11.2 Å². The summed E-state index contributed by atoms with van der Waals surface area (Å²) in [5, 5.41) is 14.1. The van der Waals surface area contributed by atoms with Crippen molar-refractivity contribution >= 4 is 22.6 Å². The summed E-state index contributed by atoms with van der Waals surface area (Å²) in [7, 11) is 1.65. The molecule has 0 saturated carbocycles. The molecule has 2 N–H and O–H groups in total. The van der Waals surface area contributed by atoms with Gasteiger partial charge in [-0.3, -0.25) is 14.5 Å². The fraction of sp³-hybridized carbons (Fsp3) is 0.318. The van der Waals surface area contributed by atoms with Gasteiger partial charge in [0.15, 0.2) is 5.65 Å². The van der Waals surface area contributed by atoms with Crippen LogP contribution in [0.5, 0.6) is 0 Å². The maximum absolute atomic E-state index is 13.1. The van der Waals surface area contributed by atoms with Crippen molar-refractivity contribution in [2.45, 2.75) is 12.7 Å². The number of carbonyl (C=O) groups is 1. The zero-order valence-electron chi connectivity index (χ0n) is 17.1. The first-order valence-corrected chi connectivity index (χ1v) is 10.2. The average Bonchev–Trinajstić information content (AvgIpc) is 2.80. The Morgan fingerprint density at radius 1 is 1.19 bits per heavy atom. The van der Waals surface area contributed by atoms with Crippen LogP contribution < -0.4 is 10.9 Å². The lowest BCUT2D eigenvalue weighted by molar-refractivity contribution is 0.0341. The molecule has 2 aliphatic rings. The van der Waals surface area contributed by atoms with Crippen molar-refractivity contribution in [2.24, 2.45) is 0 Å². The van der Waals surface area contributed by atoms with Crippen molar-refractivity contribution in [1.82, 2.24) is 19.5 Å². The van der Waals surface area contributed by atoms with Crippen molar-refractivity contribution in [3.63, 3.8) is 0 Å². The van der Waals surface area contributed by atoms with Crippen LogP contribution >= 0.6 is 0 Å². The summed E-state index contributed by atoms with van der Waals surface area (Å²) in [4.78, 5) is 33.7. The van der Waals surface area contributed by atoms with E-state index < -0.39 is 17.6 Å². The highest BCUT2D eigenvalue weighted by Gasteiger charge is 2.35. The van der Waals surface area contributed by atoms with Gasteiger partial charge in [0.2, 0.25) is 0 Å². The normalized spacial score (nSPS) is 19.3. The summed E-state index contributed by atoms with van der Waals surface area (Å²) in [6.45, 7) is 4.07. The van der Waals surface area contributed by atoms with Crippen molar-refractivity contribution < 1.29 is 14.7 Å². The number of hydrogen-bond acceptors (Lipinski definition) is 7. The third-order valence-corrected chi connectivity index (χ3v) is 5.89. The van der Waals surface area contributed by atoms with Crippen LogP contribution in [0.3, 0.4) is 0 Å². The van der Waals surface area contributed by atoms with E-state index in [2.05, 4.69) is 27.3 Å². The molecule has 0 aliphatic carbocycles. The molecule has 0 radical (unpaired) electrons. The Kier molecular flexibility index (Phi) is 4.84. The topological polar surface area (TPSA) is 99.9 Å². The molecule has 1 fully saturated rings. The van der Waals surface area contributed by atoms with Crippen molar-refractivity contribution in [3.8, 4) is 0 Å². The van der Waals surface area contributed by atoms with E-state index in [0.717, 1.165) is 44.0 Å². The monoisotopic (exact) mass is 421 g/mol. The van der Waals surface area contributed by atoms with Crippen molar-refractivity contribution in [1.29, 1.82) is 0 Å². The van der Waals surface area contributed by atoms with E-state index in [4.69, 9.17) is 4.74 Å². The number of amides is 1. The molecule has 1 aromatic carbocycles. The molecule has 5 rings (SSSR count). The highest BCUT2D eigenvalue weighted by Crippen LogP contribution is 2.35. The number of carbonyl (C=O) groups excluding carboxylic acids is 1. The first-order valence-electron chi connectivity index (χ1n) is 10.2. The maximum Gasteiger partial charge on any atom is 0.299 e. The average molecular weight is 421 g/mol. The second-order valence-electron chi connectivity index (χ2n) is 7.84. The first-order chi connectivity index (χ1) is 15.0. The summed E-state index contributed by atoms with van der Waals surface area (Å²) in [6, 6.07) is 11.5. The standard InChI is InChI=1S/C22H23N5O4/c1-25-19(15-5-2-4-14(12-15)13-26-8-10-31-11-9-26)24-18-16-6-3-7-23-20(16)27(30)22(29)17(18)21(25)28/h2-7,12,19,24,30H,8-11,13H2,1H3. The van der Waals surface area contributed by atoms with Gasteiger partial charge >= 0.3 is 0 Å². The molecule has 9 nitrogen and oxygen atoms in total. The molecule has 1 atom stereocenters. The van der Waals surface area contributed by atoms with Crippen LogP contribution in [0.2, 0.25) is 0 Å². The van der Waals surface area contributed by atoms with Gasteiger partial charge in [-0.2, -0.15) is 0 Å². The lowest BCUT2D eigenvalue weighted by Crippen LogP contribution is -2.44. The summed E-state index contributed by atoms with van der Waals surface area (Å²) >= 11 is 0. The molecule has 0 spiro atoms. The number of rotatable bonds is 3. The second-order valence-corrected chi connectivity index (χ2v) is 7.84. The predicted octanol–water partition coefficient (Wildman–Crippen LogP) is 1.66. The smallest absolute Gasteiger partial charge is 0.299 e. The number of aromatic nitrogens is 2. The highest BCUT2D eigenvalue weighted by atomic mass is 16.5. The summed E-state index contributed by atoms with van der Waals surface area (Å²) in [6.07, 6.45) is 1.03. The number of morpholine rings is 1. The zero-order valence-corrected chi connectivity index (χ0v) is 17.1. The van der Waals surface area contributed by atoms with Crippen molar-refractivity contribution in [2.75, 3.05) is 38.7 Å². The summed E-state index contributed by atoms with van der Waals surface area (Å²) in [5.41, 5.74) is 1.68. The molecule has 31 heavy (non-hydrogen) atoms. The highest BCUT2D eigenvalue weighted by molar-refractivity contribution is 6.08. The SMILES string of the molecule is CN1C(=O)c2c(c3cccnc3n(O)c2=O)NC1c1cccc(CN2CCOCC2)c1. The molecule has 9 heteroatoms. The second kappa shape index (κ2) is 7.68. The molecule has 160 valence electrons. The molecule has 2 aliphatic heterocycles. The van der Waals surface area contributed by atoms with Gasteiger partial charge in [0.25, 0.3) is 11.5 Å². The Morgan fingerprint density at radius 3 is 2.81 bits per heavy atom. The number of nitrogens with one attached hydrogen (secondary N) is 1. The first kappa shape index (κ1) is 19.5. The Bertz CT molecular complexity index is 1220. The van der Waals surface area contributed by atoms with Crippen LogP contribution in [0.1, 0.15) is 27.7 Å². The van der Waals surface area contributed by atoms with Crippen LogP contribution in [-0.2, 0) is 11.3 Å². The minimum atomic E-state index is -0.787. The Hall–Kier alpha value is -3.43. The van der Waals surface area contributed by atoms with Gasteiger partial charge in [-0.15, -0.1) is 4.73 Å². The third kappa shape index (κ3) is 3.31. The van der Waals surface area contributed by atoms with Crippen LogP contribution in [0.4, 0.5) is 5.69 Å². The Balaban J connectivity index is 1.54. The number of nitrogens with zero attached hydrogens (tertiary/aromatic N) is 4. The quantitative estimate of drug-likeness (QED) is 0.621. The van der Waals surface area contributed by atoms with Gasteiger partial charge < -0.3 is 20.2 Å². The van der Waals surface area contributed by atoms with E-state index in [0.29, 0.717) is 15.8 Å². The fourth-order valence-electron chi connectivity index (χ4n) is 4.27. The van der Waals surface area contributed by atoms with Gasteiger partial charge in [0.05, 0.1) is 18.9 Å². The van der Waals surface area contributed by atoms with Gasteiger partial charge in [-0.25, -0.2) is 4.98 Å². The lowest BCUT2D eigenvalue weighted by Gasteiger charge is -2.36. The van der Waals surface area contributed by atoms with Gasteiger partial charge in [-0.05, 0) is 23.3 Å². The van der Waals surface area contributed by atoms with Crippen LogP contribution in [0.15, 0.2) is 47.4 Å². The van der Waals surface area contributed by atoms with Crippen molar-refractivity contribution in [3.05, 3.63) is 69.6 Å². The minimum absolute atomic E-state index is 0.0915. The molecule has 1 saturated heterocycles. The summed E-state index contributed by atoms with van der Waals surface area (Å²) < 4.78 is 5.86. The van der Waals surface area contributed by atoms with E-state index in [9.17, 15) is 14.8 Å². The van der Waals surface area contributed by atoms with E-state index >= 15 is 0 Å².